The Labute approximate surface area is 90.2 Å². The van der Waals surface area contributed by atoms with Gasteiger partial charge < -0.3 is 20.6 Å². The van der Waals surface area contributed by atoms with Crippen LogP contribution in [-0.4, -0.2) is 45.5 Å². The Bertz CT molecular complexity index is 328. The van der Waals surface area contributed by atoms with Crippen molar-refractivity contribution >= 4 is 17.3 Å². The Balaban J connectivity index is 2.35. The van der Waals surface area contributed by atoms with Crippen molar-refractivity contribution in [1.29, 1.82) is 0 Å². The number of nitrogens with one attached hydrogen (secondary N) is 1. The van der Waals surface area contributed by atoms with Crippen LogP contribution in [-0.2, 0) is 6.54 Å². The predicted molar refractivity (Wildman–Crippen MR) is 53.9 cm³/mol. The molecule has 6 nitrogen and oxygen atoms in total. The highest BCUT2D eigenvalue weighted by atomic mass is 32.1. The van der Waals surface area contributed by atoms with Gasteiger partial charge in [0.15, 0.2) is 0 Å². The summed E-state index contributed by atoms with van der Waals surface area (Å²) in [5.41, 5.74) is 0.613. The van der Waals surface area contributed by atoms with E-state index in [1.54, 1.807) is 5.38 Å². The summed E-state index contributed by atoms with van der Waals surface area (Å²) in [4.78, 5) is 14.3. The third-order valence-corrected chi connectivity index (χ3v) is 2.51. The highest BCUT2D eigenvalue weighted by molar-refractivity contribution is 7.11. The van der Waals surface area contributed by atoms with Gasteiger partial charge in [-0.15, -0.1) is 11.3 Å². The molecule has 1 aromatic heterocycles. The molecule has 1 unspecified atom stereocenters. The molecular formula is C8H12N2O4S. The molecule has 1 atom stereocenters. The molecule has 1 heterocycles. The molecule has 7 heteroatoms. The monoisotopic (exact) mass is 232 g/mol. The van der Waals surface area contributed by atoms with Gasteiger partial charge in [-0.1, -0.05) is 0 Å². The van der Waals surface area contributed by atoms with Gasteiger partial charge in [0.25, 0.3) is 0 Å². The lowest BCUT2D eigenvalue weighted by atomic mass is 10.3. The van der Waals surface area contributed by atoms with E-state index in [4.69, 9.17) is 15.3 Å². The van der Waals surface area contributed by atoms with Crippen LogP contribution in [0.3, 0.4) is 0 Å². The third kappa shape index (κ3) is 3.92. The van der Waals surface area contributed by atoms with Crippen molar-refractivity contribution < 1.29 is 20.1 Å². The van der Waals surface area contributed by atoms with Crippen LogP contribution in [0.25, 0.3) is 0 Å². The maximum atomic E-state index is 10.5. The number of carboxylic acid groups (broad SMARTS) is 1. The van der Waals surface area contributed by atoms with E-state index < -0.39 is 12.1 Å². The molecule has 0 amide bonds. The zero-order chi connectivity index (χ0) is 11.3. The van der Waals surface area contributed by atoms with Crippen LogP contribution < -0.4 is 5.32 Å². The van der Waals surface area contributed by atoms with Crippen LogP contribution in [0.4, 0.5) is 0 Å². The number of thiazole rings is 1. The highest BCUT2D eigenvalue weighted by Crippen LogP contribution is 2.08. The number of carboxylic acids is 1. The van der Waals surface area contributed by atoms with Crippen LogP contribution in [0.1, 0.15) is 15.5 Å². The van der Waals surface area contributed by atoms with E-state index in [0.29, 0.717) is 12.2 Å². The zero-order valence-corrected chi connectivity index (χ0v) is 8.70. The molecule has 0 bridgehead atoms. The molecule has 0 fully saturated rings. The Morgan fingerprint density at radius 3 is 2.93 bits per heavy atom. The number of aliphatic hydroxyl groups excluding tert-OH is 2. The molecule has 0 spiro atoms. The largest absolute Gasteiger partial charge is 0.476 e. The van der Waals surface area contributed by atoms with Gasteiger partial charge in [-0.25, -0.2) is 9.78 Å². The van der Waals surface area contributed by atoms with E-state index in [2.05, 4.69) is 10.3 Å². The lowest BCUT2D eigenvalue weighted by molar-refractivity contribution is 0.0696. The molecule has 1 aromatic rings. The Morgan fingerprint density at radius 1 is 1.67 bits per heavy atom. The van der Waals surface area contributed by atoms with Crippen molar-refractivity contribution in [3.8, 4) is 0 Å². The number of aromatic nitrogens is 1. The van der Waals surface area contributed by atoms with Gasteiger partial charge >= 0.3 is 5.97 Å². The summed E-state index contributed by atoms with van der Waals surface area (Å²) < 4.78 is 0. The molecule has 0 aliphatic rings. The normalized spacial score (nSPS) is 12.7. The fourth-order valence-corrected chi connectivity index (χ4v) is 1.57. The third-order valence-electron chi connectivity index (χ3n) is 1.63. The van der Waals surface area contributed by atoms with Crippen molar-refractivity contribution in [1.82, 2.24) is 10.3 Å². The van der Waals surface area contributed by atoms with Crippen LogP contribution in [0, 0.1) is 0 Å². The van der Waals surface area contributed by atoms with Crippen LogP contribution >= 0.6 is 11.3 Å². The zero-order valence-electron chi connectivity index (χ0n) is 7.88. The van der Waals surface area contributed by atoms with Crippen LogP contribution in [0.15, 0.2) is 5.38 Å². The molecular weight excluding hydrogens is 220 g/mol. The van der Waals surface area contributed by atoms with Gasteiger partial charge in [-0.05, 0) is 0 Å². The van der Waals surface area contributed by atoms with Gasteiger partial charge in [-0.3, -0.25) is 0 Å². The van der Waals surface area contributed by atoms with Gasteiger partial charge in [0.2, 0.25) is 5.01 Å². The van der Waals surface area contributed by atoms with Crippen molar-refractivity contribution in [2.45, 2.75) is 12.6 Å². The molecule has 15 heavy (non-hydrogen) atoms. The molecule has 0 radical (unpaired) electrons. The van der Waals surface area contributed by atoms with E-state index in [1.807, 2.05) is 0 Å². The summed E-state index contributed by atoms with van der Waals surface area (Å²) in [6.45, 7) is 0.321. The molecule has 0 aromatic carbocycles. The summed E-state index contributed by atoms with van der Waals surface area (Å²) in [5, 5.41) is 30.7. The van der Waals surface area contributed by atoms with E-state index in [9.17, 15) is 4.79 Å². The molecule has 0 aliphatic heterocycles. The first-order chi connectivity index (χ1) is 7.13. The number of hydrogen-bond acceptors (Lipinski definition) is 6. The minimum Gasteiger partial charge on any atom is -0.476 e. The number of aliphatic hydroxyl groups is 2. The summed E-state index contributed by atoms with van der Waals surface area (Å²) in [6.07, 6.45) is -0.803. The number of aromatic carboxylic acids is 1. The topological polar surface area (TPSA) is 103 Å². The molecule has 0 saturated heterocycles. The minimum atomic E-state index is -1.04. The second kappa shape index (κ2) is 5.76. The fourth-order valence-electron chi connectivity index (χ4n) is 0.918. The van der Waals surface area contributed by atoms with Crippen molar-refractivity contribution in [2.75, 3.05) is 13.2 Å². The number of nitrogens with zero attached hydrogens (tertiary/aromatic N) is 1. The fraction of sp³-hybridized carbons (Fsp3) is 0.500. The SMILES string of the molecule is O=C(O)c1nc(CNCC(O)CO)cs1. The second-order valence-electron chi connectivity index (χ2n) is 2.92. The minimum absolute atomic E-state index is 0.0505. The van der Waals surface area contributed by atoms with E-state index in [0.717, 1.165) is 11.3 Å². The second-order valence-corrected chi connectivity index (χ2v) is 3.77. The number of hydrogen-bond donors (Lipinski definition) is 4. The average Bonchev–Trinajstić information content (AvgIpc) is 2.66. The first-order valence-electron chi connectivity index (χ1n) is 4.31. The van der Waals surface area contributed by atoms with Crippen molar-refractivity contribution in [2.24, 2.45) is 0 Å². The lowest BCUT2D eigenvalue weighted by Crippen LogP contribution is -2.29. The molecule has 0 saturated carbocycles. The van der Waals surface area contributed by atoms with Gasteiger partial charge in [0, 0.05) is 18.5 Å². The highest BCUT2D eigenvalue weighted by Gasteiger charge is 2.08. The van der Waals surface area contributed by atoms with E-state index in [1.165, 1.54) is 0 Å². The lowest BCUT2D eigenvalue weighted by Gasteiger charge is -2.06. The quantitative estimate of drug-likeness (QED) is 0.516. The van der Waals surface area contributed by atoms with Crippen LogP contribution in [0.2, 0.25) is 0 Å². The predicted octanol–water partition coefficient (Wildman–Crippen LogP) is -0.716. The first kappa shape index (κ1) is 12.1. The molecule has 4 N–H and O–H groups in total. The summed E-state index contributed by atoms with van der Waals surface area (Å²) in [5.74, 6) is -1.04. The number of carbonyl (C=O) groups is 1. The maximum Gasteiger partial charge on any atom is 0.365 e. The Morgan fingerprint density at radius 2 is 2.40 bits per heavy atom. The van der Waals surface area contributed by atoms with Gasteiger partial charge in [0.1, 0.15) is 0 Å². The van der Waals surface area contributed by atoms with E-state index >= 15 is 0 Å². The molecule has 84 valence electrons. The number of rotatable bonds is 6. The Hall–Kier alpha value is -1.02. The van der Waals surface area contributed by atoms with Crippen molar-refractivity contribution in [3.63, 3.8) is 0 Å². The summed E-state index contributed by atoms with van der Waals surface area (Å²) in [7, 11) is 0. The van der Waals surface area contributed by atoms with E-state index in [-0.39, 0.29) is 18.2 Å². The summed E-state index contributed by atoms with van der Waals surface area (Å²) in [6, 6.07) is 0. The average molecular weight is 232 g/mol. The maximum absolute atomic E-state index is 10.5. The molecule has 0 aliphatic carbocycles. The van der Waals surface area contributed by atoms with Crippen LogP contribution in [0.5, 0.6) is 0 Å². The first-order valence-corrected chi connectivity index (χ1v) is 5.18. The molecule has 1 rings (SSSR count). The van der Waals surface area contributed by atoms with Gasteiger partial charge in [-0.2, -0.15) is 0 Å². The standard InChI is InChI=1S/C8H12N2O4S/c11-3-6(12)2-9-1-5-4-15-7(10-5)8(13)14/h4,6,9,11-12H,1-3H2,(H,13,14). The van der Waals surface area contributed by atoms with Crippen molar-refractivity contribution in [3.05, 3.63) is 16.1 Å². The Kier molecular flexibility index (Phi) is 4.63. The van der Waals surface area contributed by atoms with Gasteiger partial charge in [0.05, 0.1) is 18.4 Å². The summed E-state index contributed by atoms with van der Waals surface area (Å²) >= 11 is 1.06. The smallest absolute Gasteiger partial charge is 0.365 e.